The Hall–Kier alpha value is -1.33. The van der Waals surface area contributed by atoms with Gasteiger partial charge >= 0.3 is 7.12 Å². The lowest BCUT2D eigenvalue weighted by molar-refractivity contribution is 0.426. The van der Waals surface area contributed by atoms with Gasteiger partial charge < -0.3 is 10.0 Å². The highest BCUT2D eigenvalue weighted by atomic mass is 16.4. The molecule has 0 aromatic carbocycles. The standard InChI is InChI=1S/C8H9BN2O2/c1-6-5-7(9(12)13)8-3-2-4-10-11(6)8/h2-5,12-13H,1H3. The van der Waals surface area contributed by atoms with E-state index in [0.717, 1.165) is 11.2 Å². The van der Waals surface area contributed by atoms with E-state index in [2.05, 4.69) is 5.10 Å². The Kier molecular flexibility index (Phi) is 1.83. The highest BCUT2D eigenvalue weighted by Gasteiger charge is 2.17. The molecule has 0 spiro atoms. The summed E-state index contributed by atoms with van der Waals surface area (Å²) in [5, 5.41) is 22.2. The Morgan fingerprint density at radius 2 is 2.23 bits per heavy atom. The summed E-state index contributed by atoms with van der Waals surface area (Å²) in [5.41, 5.74) is 2.11. The van der Waals surface area contributed by atoms with Crippen molar-refractivity contribution in [3.8, 4) is 0 Å². The van der Waals surface area contributed by atoms with Crippen LogP contribution in [0.25, 0.3) is 5.52 Å². The van der Waals surface area contributed by atoms with Gasteiger partial charge in [-0.3, -0.25) is 0 Å². The molecule has 13 heavy (non-hydrogen) atoms. The van der Waals surface area contributed by atoms with Crippen molar-refractivity contribution >= 4 is 18.1 Å². The average molecular weight is 176 g/mol. The van der Waals surface area contributed by atoms with Crippen molar-refractivity contribution in [3.05, 3.63) is 30.1 Å². The SMILES string of the molecule is Cc1cc(B(O)O)c2cccnn12. The number of aryl methyl sites for hydroxylation is 1. The Morgan fingerprint density at radius 3 is 2.92 bits per heavy atom. The minimum Gasteiger partial charge on any atom is -0.423 e. The van der Waals surface area contributed by atoms with Gasteiger partial charge in [0.25, 0.3) is 0 Å². The number of nitrogens with zero attached hydrogens (tertiary/aromatic N) is 2. The molecule has 5 heteroatoms. The number of fused-ring (bicyclic) bond motifs is 1. The van der Waals surface area contributed by atoms with E-state index < -0.39 is 7.12 Å². The Labute approximate surface area is 75.6 Å². The van der Waals surface area contributed by atoms with E-state index in [1.54, 1.807) is 28.9 Å². The molecule has 0 bridgehead atoms. The van der Waals surface area contributed by atoms with E-state index in [9.17, 15) is 0 Å². The Balaban J connectivity index is 2.78. The largest absolute Gasteiger partial charge is 0.490 e. The van der Waals surface area contributed by atoms with E-state index in [4.69, 9.17) is 10.0 Å². The first-order valence-corrected chi connectivity index (χ1v) is 3.99. The number of hydrogen-bond acceptors (Lipinski definition) is 3. The summed E-state index contributed by atoms with van der Waals surface area (Å²) in [5.74, 6) is 0. The van der Waals surface area contributed by atoms with Crippen LogP contribution in [0.1, 0.15) is 5.69 Å². The fraction of sp³-hybridized carbons (Fsp3) is 0.125. The first kappa shape index (κ1) is 8.28. The maximum Gasteiger partial charge on any atom is 0.490 e. The van der Waals surface area contributed by atoms with Gasteiger partial charge in [0.05, 0.1) is 5.52 Å². The first-order valence-electron chi connectivity index (χ1n) is 3.99. The molecule has 0 aliphatic rings. The Bertz CT molecular complexity index is 439. The van der Waals surface area contributed by atoms with Crippen molar-refractivity contribution in [2.45, 2.75) is 6.92 Å². The average Bonchev–Trinajstić information content (AvgIpc) is 2.45. The molecule has 0 radical (unpaired) electrons. The maximum atomic E-state index is 9.05. The Morgan fingerprint density at radius 1 is 1.46 bits per heavy atom. The zero-order valence-electron chi connectivity index (χ0n) is 7.18. The minimum atomic E-state index is -1.44. The molecule has 2 aromatic rings. The van der Waals surface area contributed by atoms with Gasteiger partial charge in [0, 0.05) is 17.4 Å². The third-order valence-corrected chi connectivity index (χ3v) is 2.02. The second-order valence-corrected chi connectivity index (χ2v) is 2.94. The molecule has 2 rings (SSSR count). The molecule has 0 fully saturated rings. The van der Waals surface area contributed by atoms with Gasteiger partial charge in [0.1, 0.15) is 0 Å². The number of hydrogen-bond donors (Lipinski definition) is 2. The van der Waals surface area contributed by atoms with Gasteiger partial charge in [-0.25, -0.2) is 4.52 Å². The zero-order valence-corrected chi connectivity index (χ0v) is 7.18. The van der Waals surface area contributed by atoms with Crippen LogP contribution >= 0.6 is 0 Å². The summed E-state index contributed by atoms with van der Waals surface area (Å²) in [7, 11) is -1.44. The molecule has 0 unspecified atom stereocenters. The monoisotopic (exact) mass is 176 g/mol. The molecule has 0 aliphatic heterocycles. The van der Waals surface area contributed by atoms with Crippen molar-refractivity contribution in [2.75, 3.05) is 0 Å². The van der Waals surface area contributed by atoms with Crippen molar-refractivity contribution in [1.29, 1.82) is 0 Å². The molecule has 0 atom stereocenters. The van der Waals surface area contributed by atoms with Crippen LogP contribution in [0, 0.1) is 6.92 Å². The van der Waals surface area contributed by atoms with E-state index in [1.165, 1.54) is 0 Å². The molecule has 4 nitrogen and oxygen atoms in total. The van der Waals surface area contributed by atoms with Gasteiger partial charge in [-0.2, -0.15) is 5.10 Å². The molecule has 2 aromatic heterocycles. The fourth-order valence-corrected chi connectivity index (χ4v) is 1.44. The highest BCUT2D eigenvalue weighted by Crippen LogP contribution is 2.04. The summed E-state index contributed by atoms with van der Waals surface area (Å²) < 4.78 is 1.68. The van der Waals surface area contributed by atoms with Gasteiger partial charge in [-0.05, 0) is 25.1 Å². The van der Waals surface area contributed by atoms with Gasteiger partial charge in [-0.1, -0.05) is 0 Å². The van der Waals surface area contributed by atoms with Crippen molar-refractivity contribution in [2.24, 2.45) is 0 Å². The van der Waals surface area contributed by atoms with Crippen LogP contribution in [-0.4, -0.2) is 26.8 Å². The number of aromatic nitrogens is 2. The van der Waals surface area contributed by atoms with E-state index in [0.29, 0.717) is 5.46 Å². The third-order valence-electron chi connectivity index (χ3n) is 2.02. The second kappa shape index (κ2) is 2.87. The van der Waals surface area contributed by atoms with E-state index in [-0.39, 0.29) is 0 Å². The first-order chi connectivity index (χ1) is 6.20. The van der Waals surface area contributed by atoms with Crippen LogP contribution in [0.4, 0.5) is 0 Å². The summed E-state index contributed by atoms with van der Waals surface area (Å²) in [6.45, 7) is 1.87. The van der Waals surface area contributed by atoms with Crippen molar-refractivity contribution in [3.63, 3.8) is 0 Å². The van der Waals surface area contributed by atoms with Gasteiger partial charge in [0.15, 0.2) is 0 Å². The number of rotatable bonds is 1. The lowest BCUT2D eigenvalue weighted by Gasteiger charge is -1.96. The van der Waals surface area contributed by atoms with Crippen LogP contribution in [0.5, 0.6) is 0 Å². The van der Waals surface area contributed by atoms with Crippen LogP contribution in [0.2, 0.25) is 0 Å². The zero-order chi connectivity index (χ0) is 9.42. The van der Waals surface area contributed by atoms with Crippen molar-refractivity contribution in [1.82, 2.24) is 9.61 Å². The molecule has 0 aliphatic carbocycles. The summed E-state index contributed by atoms with van der Waals surface area (Å²) in [6.07, 6.45) is 1.66. The van der Waals surface area contributed by atoms with Crippen LogP contribution in [0.3, 0.4) is 0 Å². The lowest BCUT2D eigenvalue weighted by atomic mass is 9.81. The molecule has 0 saturated heterocycles. The molecule has 0 amide bonds. The van der Waals surface area contributed by atoms with E-state index >= 15 is 0 Å². The summed E-state index contributed by atoms with van der Waals surface area (Å²) >= 11 is 0. The fourth-order valence-electron chi connectivity index (χ4n) is 1.44. The lowest BCUT2D eigenvalue weighted by Crippen LogP contribution is -2.29. The summed E-state index contributed by atoms with van der Waals surface area (Å²) in [4.78, 5) is 0. The smallest absolute Gasteiger partial charge is 0.423 e. The third kappa shape index (κ3) is 1.22. The predicted molar refractivity (Wildman–Crippen MR) is 49.8 cm³/mol. The molecule has 66 valence electrons. The van der Waals surface area contributed by atoms with Crippen LogP contribution in [-0.2, 0) is 0 Å². The predicted octanol–water partition coefficient (Wildman–Crippen LogP) is -0.677. The van der Waals surface area contributed by atoms with E-state index in [1.807, 2.05) is 6.92 Å². The summed E-state index contributed by atoms with van der Waals surface area (Å²) in [6, 6.07) is 5.28. The minimum absolute atomic E-state index is 0.491. The normalized spacial score (nSPS) is 10.7. The molecule has 0 saturated carbocycles. The highest BCUT2D eigenvalue weighted by molar-refractivity contribution is 6.61. The van der Waals surface area contributed by atoms with Crippen LogP contribution < -0.4 is 5.46 Å². The second-order valence-electron chi connectivity index (χ2n) is 2.94. The maximum absolute atomic E-state index is 9.05. The molecule has 2 heterocycles. The van der Waals surface area contributed by atoms with Crippen LogP contribution in [0.15, 0.2) is 24.4 Å². The van der Waals surface area contributed by atoms with Gasteiger partial charge in [-0.15, -0.1) is 0 Å². The molecular formula is C8H9BN2O2. The van der Waals surface area contributed by atoms with Crippen molar-refractivity contribution < 1.29 is 10.0 Å². The quantitative estimate of drug-likeness (QED) is 0.566. The van der Waals surface area contributed by atoms with Gasteiger partial charge in [0.2, 0.25) is 0 Å². The molecular weight excluding hydrogens is 167 g/mol. The topological polar surface area (TPSA) is 57.8 Å². The molecule has 2 N–H and O–H groups in total.